The highest BCUT2D eigenvalue weighted by atomic mass is 79.9. The molecule has 0 spiro atoms. The lowest BCUT2D eigenvalue weighted by atomic mass is 9.64. The van der Waals surface area contributed by atoms with Crippen LogP contribution in [0, 0.1) is 0 Å². The predicted octanol–water partition coefficient (Wildman–Crippen LogP) is 4.21. The molecule has 0 unspecified atom stereocenters. The molecule has 3 rings (SSSR count). The van der Waals surface area contributed by atoms with Gasteiger partial charge in [0, 0.05) is 29.3 Å². The van der Waals surface area contributed by atoms with Gasteiger partial charge in [-0.3, -0.25) is 4.79 Å². The molecule has 22 heavy (non-hydrogen) atoms. The molecule has 1 aliphatic carbocycles. The average Bonchev–Trinajstić information content (AvgIpc) is 2.97. The van der Waals surface area contributed by atoms with Crippen LogP contribution in [0.4, 0.5) is 0 Å². The maximum Gasteiger partial charge on any atom is 0.220 e. The molecule has 1 heterocycles. The van der Waals surface area contributed by atoms with Gasteiger partial charge in [0.15, 0.2) is 0 Å². The van der Waals surface area contributed by atoms with E-state index in [2.05, 4.69) is 39.4 Å². The molecule has 1 aliphatic rings. The topological polar surface area (TPSA) is 42.2 Å². The lowest BCUT2D eigenvalue weighted by Gasteiger charge is -2.42. The number of halogens is 1. The first-order valence-electron chi connectivity index (χ1n) is 7.73. The van der Waals surface area contributed by atoms with Crippen molar-refractivity contribution < 1.29 is 9.21 Å². The zero-order valence-corrected chi connectivity index (χ0v) is 14.1. The molecule has 1 N–H and O–H groups in total. The summed E-state index contributed by atoms with van der Waals surface area (Å²) in [7, 11) is 0. The molecule has 1 fully saturated rings. The van der Waals surface area contributed by atoms with Crippen LogP contribution in [0.1, 0.15) is 37.0 Å². The van der Waals surface area contributed by atoms with Crippen molar-refractivity contribution in [1.29, 1.82) is 0 Å². The standard InChI is InChI=1S/C18H20BrNO2/c19-15-5-1-4-14(12-15)18(9-3-10-18)13-20-17(21)8-7-16-6-2-11-22-16/h1-2,4-6,11-12H,3,7-10,13H2,(H,20,21). The van der Waals surface area contributed by atoms with E-state index >= 15 is 0 Å². The molecule has 1 aromatic carbocycles. The normalized spacial score (nSPS) is 16.0. The second-order valence-electron chi connectivity index (χ2n) is 6.00. The summed E-state index contributed by atoms with van der Waals surface area (Å²) in [5.41, 5.74) is 1.43. The summed E-state index contributed by atoms with van der Waals surface area (Å²) in [5.74, 6) is 0.957. The Morgan fingerprint density at radius 2 is 2.14 bits per heavy atom. The molecular formula is C18H20BrNO2. The van der Waals surface area contributed by atoms with Crippen LogP contribution in [0.25, 0.3) is 0 Å². The van der Waals surface area contributed by atoms with Crippen molar-refractivity contribution in [3.63, 3.8) is 0 Å². The second kappa shape index (κ2) is 6.69. The van der Waals surface area contributed by atoms with Crippen molar-refractivity contribution in [3.05, 3.63) is 58.5 Å². The second-order valence-corrected chi connectivity index (χ2v) is 6.92. The van der Waals surface area contributed by atoms with Gasteiger partial charge in [0.25, 0.3) is 0 Å². The minimum Gasteiger partial charge on any atom is -0.469 e. The highest BCUT2D eigenvalue weighted by molar-refractivity contribution is 9.10. The van der Waals surface area contributed by atoms with Gasteiger partial charge in [-0.2, -0.15) is 0 Å². The summed E-state index contributed by atoms with van der Waals surface area (Å²) in [6.07, 6.45) is 6.28. The van der Waals surface area contributed by atoms with Crippen LogP contribution in [0.15, 0.2) is 51.6 Å². The van der Waals surface area contributed by atoms with E-state index in [9.17, 15) is 4.79 Å². The van der Waals surface area contributed by atoms with Crippen molar-refractivity contribution in [2.75, 3.05) is 6.54 Å². The quantitative estimate of drug-likeness (QED) is 0.836. The first-order valence-corrected chi connectivity index (χ1v) is 8.52. The number of benzene rings is 1. The Morgan fingerprint density at radius 3 is 2.77 bits per heavy atom. The number of hydrogen-bond donors (Lipinski definition) is 1. The fourth-order valence-electron chi connectivity index (χ4n) is 3.04. The predicted molar refractivity (Wildman–Crippen MR) is 89.7 cm³/mol. The Hall–Kier alpha value is -1.55. The summed E-state index contributed by atoms with van der Waals surface area (Å²) < 4.78 is 6.36. The maximum atomic E-state index is 12.1. The van der Waals surface area contributed by atoms with Gasteiger partial charge in [0.05, 0.1) is 6.26 Å². The Balaban J connectivity index is 1.55. The first-order chi connectivity index (χ1) is 10.7. The maximum absolute atomic E-state index is 12.1. The van der Waals surface area contributed by atoms with Crippen LogP contribution in [0.5, 0.6) is 0 Å². The van der Waals surface area contributed by atoms with Gasteiger partial charge in [0.1, 0.15) is 5.76 Å². The smallest absolute Gasteiger partial charge is 0.220 e. The van der Waals surface area contributed by atoms with E-state index in [1.165, 1.54) is 12.0 Å². The van der Waals surface area contributed by atoms with Crippen molar-refractivity contribution in [3.8, 4) is 0 Å². The van der Waals surface area contributed by atoms with E-state index in [1.54, 1.807) is 6.26 Å². The van der Waals surface area contributed by atoms with Crippen LogP contribution in [0.2, 0.25) is 0 Å². The fourth-order valence-corrected chi connectivity index (χ4v) is 3.44. The lowest BCUT2D eigenvalue weighted by molar-refractivity contribution is -0.121. The zero-order valence-electron chi connectivity index (χ0n) is 12.5. The molecule has 0 bridgehead atoms. The summed E-state index contributed by atoms with van der Waals surface area (Å²) in [5, 5.41) is 3.11. The van der Waals surface area contributed by atoms with Crippen molar-refractivity contribution >= 4 is 21.8 Å². The van der Waals surface area contributed by atoms with E-state index in [4.69, 9.17) is 4.42 Å². The van der Waals surface area contributed by atoms with Gasteiger partial charge in [-0.25, -0.2) is 0 Å². The summed E-state index contributed by atoms with van der Waals surface area (Å²) in [4.78, 5) is 12.1. The average molecular weight is 362 g/mol. The van der Waals surface area contributed by atoms with Crippen LogP contribution in [-0.2, 0) is 16.6 Å². The SMILES string of the molecule is O=C(CCc1ccco1)NCC1(c2cccc(Br)c2)CCC1. The lowest BCUT2D eigenvalue weighted by Crippen LogP contribution is -2.45. The van der Waals surface area contributed by atoms with Gasteiger partial charge >= 0.3 is 0 Å². The molecule has 116 valence electrons. The fraction of sp³-hybridized carbons (Fsp3) is 0.389. The number of carbonyl (C=O) groups is 1. The van der Waals surface area contributed by atoms with Crippen molar-refractivity contribution in [1.82, 2.24) is 5.32 Å². The number of amides is 1. The molecule has 0 radical (unpaired) electrons. The van der Waals surface area contributed by atoms with Crippen LogP contribution < -0.4 is 5.32 Å². The monoisotopic (exact) mass is 361 g/mol. The van der Waals surface area contributed by atoms with E-state index < -0.39 is 0 Å². The highest BCUT2D eigenvalue weighted by Crippen LogP contribution is 2.43. The minimum atomic E-state index is 0.0951. The van der Waals surface area contributed by atoms with E-state index in [1.807, 2.05) is 18.2 Å². The Bertz CT molecular complexity index is 632. The minimum absolute atomic E-state index is 0.0951. The Labute approximate surface area is 139 Å². The number of nitrogens with one attached hydrogen (secondary N) is 1. The number of hydrogen-bond acceptors (Lipinski definition) is 2. The molecule has 1 aromatic heterocycles. The van der Waals surface area contributed by atoms with Gasteiger partial charge in [-0.15, -0.1) is 0 Å². The highest BCUT2D eigenvalue weighted by Gasteiger charge is 2.38. The Kier molecular flexibility index (Phi) is 4.67. The van der Waals surface area contributed by atoms with Crippen LogP contribution in [-0.4, -0.2) is 12.5 Å². The number of rotatable bonds is 6. The first kappa shape index (κ1) is 15.3. The molecule has 0 saturated heterocycles. The molecular weight excluding hydrogens is 342 g/mol. The molecule has 1 amide bonds. The summed E-state index contributed by atoms with van der Waals surface area (Å²) in [6.45, 7) is 0.723. The van der Waals surface area contributed by atoms with E-state index in [0.29, 0.717) is 12.8 Å². The molecule has 1 saturated carbocycles. The molecule has 2 aromatic rings. The molecule has 4 heteroatoms. The van der Waals surface area contributed by atoms with Crippen LogP contribution in [0.3, 0.4) is 0 Å². The molecule has 0 atom stereocenters. The molecule has 0 aliphatic heterocycles. The summed E-state index contributed by atoms with van der Waals surface area (Å²) >= 11 is 3.54. The largest absolute Gasteiger partial charge is 0.469 e. The van der Waals surface area contributed by atoms with Crippen molar-refractivity contribution in [2.45, 2.75) is 37.5 Å². The van der Waals surface area contributed by atoms with E-state index in [0.717, 1.165) is 29.6 Å². The van der Waals surface area contributed by atoms with Gasteiger partial charge in [0.2, 0.25) is 5.91 Å². The van der Waals surface area contributed by atoms with Crippen LogP contribution >= 0.6 is 15.9 Å². The number of furan rings is 1. The third-order valence-electron chi connectivity index (χ3n) is 4.55. The Morgan fingerprint density at radius 1 is 1.27 bits per heavy atom. The summed E-state index contributed by atoms with van der Waals surface area (Å²) in [6, 6.07) is 12.2. The molecule has 3 nitrogen and oxygen atoms in total. The van der Waals surface area contributed by atoms with Gasteiger partial charge in [-0.1, -0.05) is 34.5 Å². The zero-order chi connectivity index (χ0) is 15.4. The van der Waals surface area contributed by atoms with E-state index in [-0.39, 0.29) is 11.3 Å². The number of aryl methyl sites for hydroxylation is 1. The number of carbonyl (C=O) groups excluding carboxylic acids is 1. The third-order valence-corrected chi connectivity index (χ3v) is 5.04. The van der Waals surface area contributed by atoms with Crippen molar-refractivity contribution in [2.24, 2.45) is 0 Å². The van der Waals surface area contributed by atoms with Gasteiger partial charge < -0.3 is 9.73 Å². The van der Waals surface area contributed by atoms with Gasteiger partial charge in [-0.05, 0) is 42.7 Å². The third kappa shape index (κ3) is 3.43.